The summed E-state index contributed by atoms with van der Waals surface area (Å²) in [5.41, 5.74) is 1.52. The van der Waals surface area contributed by atoms with Gasteiger partial charge in [0.1, 0.15) is 23.6 Å². The number of rotatable bonds is 5. The summed E-state index contributed by atoms with van der Waals surface area (Å²) in [6.07, 6.45) is 0. The summed E-state index contributed by atoms with van der Waals surface area (Å²) >= 11 is 5.88. The van der Waals surface area contributed by atoms with Gasteiger partial charge in [-0.1, -0.05) is 6.07 Å². The van der Waals surface area contributed by atoms with Crippen LogP contribution in [0.15, 0.2) is 18.2 Å². The number of aromatic nitrogens is 2. The summed E-state index contributed by atoms with van der Waals surface area (Å²) in [5.74, 6) is 1.19. The molecule has 1 aromatic heterocycles. The van der Waals surface area contributed by atoms with Crippen LogP contribution in [-0.4, -0.2) is 29.2 Å². The van der Waals surface area contributed by atoms with Crippen molar-refractivity contribution in [3.05, 3.63) is 24.0 Å². The van der Waals surface area contributed by atoms with E-state index in [0.717, 1.165) is 5.52 Å². The number of para-hydroxylation sites is 1. The molecule has 0 atom stereocenters. The van der Waals surface area contributed by atoms with Crippen LogP contribution in [0.4, 0.5) is 0 Å². The van der Waals surface area contributed by atoms with Gasteiger partial charge >= 0.3 is 5.97 Å². The molecule has 0 unspecified atom stereocenters. The molecule has 1 heterocycles. The quantitative estimate of drug-likeness (QED) is 0.624. The van der Waals surface area contributed by atoms with E-state index in [4.69, 9.17) is 16.3 Å². The van der Waals surface area contributed by atoms with Crippen LogP contribution in [-0.2, 0) is 22.0 Å². The fraction of sp³-hybridized carbons (Fsp3) is 0.385. The molecule has 0 aliphatic rings. The lowest BCUT2D eigenvalue weighted by molar-refractivity contribution is -0.141. The van der Waals surface area contributed by atoms with Gasteiger partial charge in [0.25, 0.3) is 0 Å². The number of hydrogen-bond acceptors (Lipinski definition) is 4. The van der Waals surface area contributed by atoms with Crippen molar-refractivity contribution in [1.82, 2.24) is 9.55 Å². The molecule has 0 aliphatic heterocycles. The Bertz CT molecular complexity index is 595. The Balaban J connectivity index is 2.55. The molecule has 0 spiro atoms. The van der Waals surface area contributed by atoms with E-state index >= 15 is 0 Å². The van der Waals surface area contributed by atoms with Gasteiger partial charge in [-0.25, -0.2) is 4.98 Å². The standard InChI is InChI=1S/C13H15ClN2O3/c1-3-19-10-6-4-5-9-13(10)15-11(7-14)16(9)8-12(17)18-2/h4-6H,3,7-8H2,1-2H3. The number of esters is 1. The molecule has 2 rings (SSSR count). The molecule has 19 heavy (non-hydrogen) atoms. The van der Waals surface area contributed by atoms with E-state index in [1.165, 1.54) is 7.11 Å². The van der Waals surface area contributed by atoms with E-state index in [0.29, 0.717) is 23.7 Å². The lowest BCUT2D eigenvalue weighted by atomic mass is 10.3. The molecule has 0 aliphatic carbocycles. The minimum absolute atomic E-state index is 0.0879. The minimum atomic E-state index is -0.340. The van der Waals surface area contributed by atoms with Crippen molar-refractivity contribution in [3.8, 4) is 5.75 Å². The highest BCUT2D eigenvalue weighted by atomic mass is 35.5. The molecule has 102 valence electrons. The fourth-order valence-corrected chi connectivity index (χ4v) is 2.12. The van der Waals surface area contributed by atoms with Crippen LogP contribution >= 0.6 is 11.6 Å². The highest BCUT2D eigenvalue weighted by Gasteiger charge is 2.15. The fourth-order valence-electron chi connectivity index (χ4n) is 1.91. The van der Waals surface area contributed by atoms with Crippen molar-refractivity contribution < 1.29 is 14.3 Å². The van der Waals surface area contributed by atoms with Gasteiger partial charge in [-0.05, 0) is 19.1 Å². The van der Waals surface area contributed by atoms with Crippen LogP contribution in [0.5, 0.6) is 5.75 Å². The second-order valence-corrected chi connectivity index (χ2v) is 4.15. The lowest BCUT2D eigenvalue weighted by Crippen LogP contribution is -2.13. The smallest absolute Gasteiger partial charge is 0.325 e. The third-order valence-corrected chi connectivity index (χ3v) is 2.99. The first-order chi connectivity index (χ1) is 9.21. The molecule has 5 nitrogen and oxygen atoms in total. The maximum atomic E-state index is 11.5. The first-order valence-corrected chi connectivity index (χ1v) is 6.48. The predicted octanol–water partition coefficient (Wildman–Crippen LogP) is 2.35. The molecule has 6 heteroatoms. The van der Waals surface area contributed by atoms with Crippen LogP contribution in [0, 0.1) is 0 Å². The van der Waals surface area contributed by atoms with E-state index in [-0.39, 0.29) is 18.4 Å². The Morgan fingerprint density at radius 3 is 2.89 bits per heavy atom. The number of carbonyl (C=O) groups is 1. The van der Waals surface area contributed by atoms with Gasteiger partial charge in [-0.2, -0.15) is 0 Å². The molecule has 0 N–H and O–H groups in total. The van der Waals surface area contributed by atoms with Gasteiger partial charge in [-0.3, -0.25) is 4.79 Å². The second-order valence-electron chi connectivity index (χ2n) is 3.88. The number of halogens is 1. The topological polar surface area (TPSA) is 53.4 Å². The Morgan fingerprint density at radius 2 is 2.26 bits per heavy atom. The first kappa shape index (κ1) is 13.7. The Hall–Kier alpha value is -1.75. The number of hydrogen-bond donors (Lipinski definition) is 0. The number of benzene rings is 1. The zero-order valence-electron chi connectivity index (χ0n) is 10.9. The summed E-state index contributed by atoms with van der Waals surface area (Å²) in [7, 11) is 1.35. The first-order valence-electron chi connectivity index (χ1n) is 5.95. The highest BCUT2D eigenvalue weighted by Crippen LogP contribution is 2.26. The Kier molecular flexibility index (Phi) is 4.27. The largest absolute Gasteiger partial charge is 0.492 e. The van der Waals surface area contributed by atoms with Crippen molar-refractivity contribution in [3.63, 3.8) is 0 Å². The number of ether oxygens (including phenoxy) is 2. The van der Waals surface area contributed by atoms with Crippen molar-refractivity contribution in [2.75, 3.05) is 13.7 Å². The third kappa shape index (κ3) is 2.66. The third-order valence-electron chi connectivity index (χ3n) is 2.76. The van der Waals surface area contributed by atoms with Crippen molar-refractivity contribution in [2.45, 2.75) is 19.3 Å². The molecular formula is C13H15ClN2O3. The zero-order chi connectivity index (χ0) is 13.8. The van der Waals surface area contributed by atoms with Crippen molar-refractivity contribution in [1.29, 1.82) is 0 Å². The zero-order valence-corrected chi connectivity index (χ0v) is 11.6. The minimum Gasteiger partial charge on any atom is -0.492 e. The Morgan fingerprint density at radius 1 is 1.47 bits per heavy atom. The summed E-state index contributed by atoms with van der Waals surface area (Å²) in [4.78, 5) is 15.9. The molecule has 0 fully saturated rings. The van der Waals surface area contributed by atoms with E-state index in [2.05, 4.69) is 9.72 Å². The number of alkyl halides is 1. The average Bonchev–Trinajstić information content (AvgIpc) is 2.78. The molecule has 0 saturated heterocycles. The summed E-state index contributed by atoms with van der Waals surface area (Å²) in [6.45, 7) is 2.55. The van der Waals surface area contributed by atoms with Crippen LogP contribution in [0.1, 0.15) is 12.7 Å². The highest BCUT2D eigenvalue weighted by molar-refractivity contribution is 6.17. The van der Waals surface area contributed by atoms with Crippen LogP contribution in [0.2, 0.25) is 0 Å². The molecule has 0 radical (unpaired) electrons. The van der Waals surface area contributed by atoms with E-state index in [1.54, 1.807) is 4.57 Å². The molecular weight excluding hydrogens is 268 g/mol. The van der Waals surface area contributed by atoms with Crippen LogP contribution in [0.3, 0.4) is 0 Å². The SMILES string of the molecule is CCOc1cccc2c1nc(CCl)n2CC(=O)OC. The number of carbonyl (C=O) groups excluding carboxylic acids is 1. The number of methoxy groups -OCH3 is 1. The van der Waals surface area contributed by atoms with Gasteiger partial charge in [-0.15, -0.1) is 11.6 Å². The van der Waals surface area contributed by atoms with Gasteiger partial charge in [0.2, 0.25) is 0 Å². The molecule has 0 amide bonds. The second kappa shape index (κ2) is 5.93. The van der Waals surface area contributed by atoms with E-state index < -0.39 is 0 Å². The van der Waals surface area contributed by atoms with Gasteiger partial charge in [0.15, 0.2) is 0 Å². The van der Waals surface area contributed by atoms with E-state index in [9.17, 15) is 4.79 Å². The maximum Gasteiger partial charge on any atom is 0.325 e. The van der Waals surface area contributed by atoms with Crippen LogP contribution in [0.25, 0.3) is 11.0 Å². The summed E-state index contributed by atoms with van der Waals surface area (Å²) in [6, 6.07) is 5.59. The molecule has 1 aromatic carbocycles. The van der Waals surface area contributed by atoms with E-state index in [1.807, 2.05) is 25.1 Å². The summed E-state index contributed by atoms with van der Waals surface area (Å²) in [5, 5.41) is 0. The lowest BCUT2D eigenvalue weighted by Gasteiger charge is -2.06. The van der Waals surface area contributed by atoms with Crippen molar-refractivity contribution >= 4 is 28.6 Å². The van der Waals surface area contributed by atoms with Gasteiger partial charge < -0.3 is 14.0 Å². The summed E-state index contributed by atoms with van der Waals surface area (Å²) < 4.78 is 12.0. The normalized spacial score (nSPS) is 10.7. The molecule has 2 aromatic rings. The number of imidazole rings is 1. The monoisotopic (exact) mass is 282 g/mol. The molecule has 0 saturated carbocycles. The van der Waals surface area contributed by atoms with Crippen molar-refractivity contribution in [2.24, 2.45) is 0 Å². The number of fused-ring (bicyclic) bond motifs is 1. The number of nitrogens with zero attached hydrogens (tertiary/aromatic N) is 2. The van der Waals surface area contributed by atoms with Gasteiger partial charge in [0.05, 0.1) is 25.1 Å². The predicted molar refractivity (Wildman–Crippen MR) is 72.5 cm³/mol. The average molecular weight is 283 g/mol. The maximum absolute atomic E-state index is 11.5. The Labute approximate surface area is 116 Å². The van der Waals surface area contributed by atoms with Gasteiger partial charge in [0, 0.05) is 0 Å². The molecule has 0 bridgehead atoms. The van der Waals surface area contributed by atoms with Crippen LogP contribution < -0.4 is 4.74 Å².